The monoisotopic (exact) mass is 812 g/mol. The van der Waals surface area contributed by atoms with E-state index < -0.39 is 17.7 Å². The van der Waals surface area contributed by atoms with Crippen LogP contribution in [-0.2, 0) is 9.57 Å². The highest BCUT2D eigenvalue weighted by Crippen LogP contribution is 2.62. The number of unbranched alkanes of at least 4 members (excludes halogenated alkanes) is 2. The van der Waals surface area contributed by atoms with E-state index in [1.807, 2.05) is 37.3 Å². The van der Waals surface area contributed by atoms with Gasteiger partial charge in [-0.3, -0.25) is 4.79 Å². The fourth-order valence-electron chi connectivity index (χ4n) is 9.17. The summed E-state index contributed by atoms with van der Waals surface area (Å²) in [4.78, 5) is 23.3. The largest absolute Gasteiger partial charge is 0.493 e. The van der Waals surface area contributed by atoms with Gasteiger partial charge >= 0.3 is 0 Å². The third-order valence-corrected chi connectivity index (χ3v) is 12.7. The van der Waals surface area contributed by atoms with Crippen LogP contribution in [0.2, 0.25) is 0 Å². The first-order valence-corrected chi connectivity index (χ1v) is 21.6. The second kappa shape index (κ2) is 19.5. The van der Waals surface area contributed by atoms with Crippen molar-refractivity contribution >= 4 is 23.4 Å². The predicted octanol–water partition coefficient (Wildman–Crippen LogP) is 8.01. The molecule has 0 radical (unpaired) electrons. The molecule has 1 fully saturated rings. The van der Waals surface area contributed by atoms with Gasteiger partial charge in [0.25, 0.3) is 5.91 Å². The van der Waals surface area contributed by atoms with Crippen molar-refractivity contribution in [1.82, 2.24) is 4.90 Å². The lowest BCUT2D eigenvalue weighted by atomic mass is 9.55. The number of benzene rings is 3. The topological polar surface area (TPSA) is 129 Å². The molecule has 3 aromatic carbocycles. The number of aliphatic hydroxyl groups is 2. The third-order valence-electron chi connectivity index (χ3n) is 11.7. The van der Waals surface area contributed by atoms with Crippen LogP contribution < -0.4 is 18.9 Å². The van der Waals surface area contributed by atoms with Crippen molar-refractivity contribution < 1.29 is 43.5 Å². The van der Waals surface area contributed by atoms with Gasteiger partial charge in [0.05, 0.1) is 24.8 Å². The van der Waals surface area contributed by atoms with Crippen LogP contribution in [0, 0.1) is 17.8 Å². The molecule has 4 aliphatic rings. The van der Waals surface area contributed by atoms with Crippen LogP contribution in [0.15, 0.2) is 101 Å². The van der Waals surface area contributed by atoms with E-state index in [0.717, 1.165) is 54.0 Å². The van der Waals surface area contributed by atoms with Gasteiger partial charge in [0.1, 0.15) is 24.1 Å². The smallest absolute Gasteiger partial charge is 0.254 e. The number of amides is 1. The van der Waals surface area contributed by atoms with E-state index in [4.69, 9.17) is 33.7 Å². The standard InChI is InChI=1S/C46H56N2O9S/c1-4-23-55-46-42(48(3)45(51)32-17-19-40-41(27-32)54-30-53-40)29-38(47-56-5-2)36-26-31(13-9-11-21-49)35(16-10-12-22-50)43(44(36)46)37-28-33(18-20-39(37)57-46)52-24-25-58-34-14-7-6-8-15-34/h4,6-8,14-15,17-20,26-28,31,35,42-44,49-50H,1,5,9-13,16,21-25,29-30H2,2-3H3/t31-,35+,42-,43+,44+,46+/m0/s1. The first kappa shape index (κ1) is 41.7. The van der Waals surface area contributed by atoms with E-state index in [9.17, 15) is 15.0 Å². The molecule has 2 aliphatic heterocycles. The summed E-state index contributed by atoms with van der Waals surface area (Å²) in [5, 5.41) is 24.5. The number of nitrogens with zero attached hydrogens (tertiary/aromatic N) is 2. The number of hydrogen-bond donors (Lipinski definition) is 2. The SMILES string of the molecule is C=CCO[C@@]12Oc3ccc(OCCSc4ccccc4)cc3[C@H]3[C@H](CCCCO)[C@@H](CCCCO)C=C(C(=NOCC)C[C@@H]1N(C)C(=O)c1ccc4c(c1)OCO4)[C@H]32. The number of carbonyl (C=O) groups excluding carboxylic acids is 1. The summed E-state index contributed by atoms with van der Waals surface area (Å²) in [5.41, 5.74) is 3.21. The highest BCUT2D eigenvalue weighted by molar-refractivity contribution is 7.99. The van der Waals surface area contributed by atoms with Gasteiger partial charge < -0.3 is 43.6 Å². The number of likely N-dealkylation sites (N-methyl/N-ethyl adjacent to an activating group) is 1. The maximum atomic E-state index is 14.6. The molecule has 0 bridgehead atoms. The van der Waals surface area contributed by atoms with Crippen molar-refractivity contribution in [2.75, 3.05) is 52.6 Å². The Bertz CT molecular complexity index is 1940. The van der Waals surface area contributed by atoms with Crippen molar-refractivity contribution in [1.29, 1.82) is 0 Å². The normalized spacial score (nSPS) is 24.6. The van der Waals surface area contributed by atoms with Crippen LogP contribution in [0.4, 0.5) is 0 Å². The van der Waals surface area contributed by atoms with Crippen molar-refractivity contribution in [3.05, 3.63) is 102 Å². The summed E-state index contributed by atoms with van der Waals surface area (Å²) in [7, 11) is 1.79. The lowest BCUT2D eigenvalue weighted by molar-refractivity contribution is -0.252. The Morgan fingerprint density at radius 1 is 1.00 bits per heavy atom. The zero-order valence-corrected chi connectivity index (χ0v) is 34.4. The van der Waals surface area contributed by atoms with Crippen LogP contribution in [0.3, 0.4) is 0 Å². The van der Waals surface area contributed by atoms with Gasteiger partial charge in [0, 0.05) is 54.4 Å². The van der Waals surface area contributed by atoms with Crippen molar-refractivity contribution in [3.8, 4) is 23.0 Å². The molecule has 7 rings (SSSR count). The molecule has 0 spiro atoms. The molecule has 310 valence electrons. The lowest BCUT2D eigenvalue weighted by Gasteiger charge is -2.59. The number of rotatable bonds is 20. The number of hydrogen-bond acceptors (Lipinski definition) is 11. The summed E-state index contributed by atoms with van der Waals surface area (Å²) in [6.07, 6.45) is 9.17. The number of aliphatic hydroxyl groups excluding tert-OH is 2. The van der Waals surface area contributed by atoms with E-state index >= 15 is 0 Å². The second-order valence-electron chi connectivity index (χ2n) is 15.2. The summed E-state index contributed by atoms with van der Waals surface area (Å²) < 4.78 is 31.9. The highest BCUT2D eigenvalue weighted by atomic mass is 32.2. The molecule has 1 saturated carbocycles. The van der Waals surface area contributed by atoms with E-state index in [0.29, 0.717) is 55.3 Å². The van der Waals surface area contributed by atoms with Gasteiger partial charge in [-0.15, -0.1) is 18.3 Å². The minimum absolute atomic E-state index is 0.104. The zero-order chi connectivity index (χ0) is 40.5. The molecule has 2 aliphatic carbocycles. The molecule has 6 atom stereocenters. The molecular formula is C46H56N2O9S. The molecule has 2 N–H and O–H groups in total. The van der Waals surface area contributed by atoms with Crippen molar-refractivity contribution in [2.24, 2.45) is 22.9 Å². The first-order valence-electron chi connectivity index (χ1n) is 20.6. The third kappa shape index (κ3) is 8.76. The Labute approximate surface area is 346 Å². The number of carbonyl (C=O) groups is 1. The molecule has 1 amide bonds. The Balaban J connectivity index is 1.34. The Morgan fingerprint density at radius 2 is 1.78 bits per heavy atom. The Morgan fingerprint density at radius 3 is 2.55 bits per heavy atom. The molecule has 11 nitrogen and oxygen atoms in total. The van der Waals surface area contributed by atoms with E-state index in [1.165, 1.54) is 4.90 Å². The van der Waals surface area contributed by atoms with Crippen molar-refractivity contribution in [3.63, 3.8) is 0 Å². The van der Waals surface area contributed by atoms with Gasteiger partial charge in [-0.05, 0) is 98.5 Å². The first-order chi connectivity index (χ1) is 28.4. The predicted molar refractivity (Wildman–Crippen MR) is 224 cm³/mol. The number of thioether (sulfide) groups is 1. The molecule has 2 heterocycles. The Hall–Kier alpha value is -4.49. The van der Waals surface area contributed by atoms with Gasteiger partial charge in [-0.1, -0.05) is 48.3 Å². The summed E-state index contributed by atoms with van der Waals surface area (Å²) >= 11 is 1.75. The van der Waals surface area contributed by atoms with E-state index in [-0.39, 0.29) is 50.3 Å². The summed E-state index contributed by atoms with van der Waals surface area (Å²) in [5.74, 6) is 1.47. The average Bonchev–Trinajstić information content (AvgIpc) is 3.73. The minimum Gasteiger partial charge on any atom is -0.493 e. The van der Waals surface area contributed by atoms with Crippen LogP contribution in [0.25, 0.3) is 0 Å². The van der Waals surface area contributed by atoms with Crippen LogP contribution in [0.1, 0.15) is 73.7 Å². The highest BCUT2D eigenvalue weighted by Gasteiger charge is 2.65. The maximum Gasteiger partial charge on any atom is 0.254 e. The molecule has 0 aromatic heterocycles. The summed E-state index contributed by atoms with van der Waals surface area (Å²) in [6, 6.07) is 20.9. The van der Waals surface area contributed by atoms with E-state index in [1.54, 1.807) is 48.0 Å². The van der Waals surface area contributed by atoms with Gasteiger partial charge in [-0.2, -0.15) is 0 Å². The minimum atomic E-state index is -1.34. The van der Waals surface area contributed by atoms with Gasteiger partial charge in [-0.25, -0.2) is 0 Å². The molecule has 0 unspecified atom stereocenters. The van der Waals surface area contributed by atoms with Gasteiger partial charge in [0.15, 0.2) is 11.5 Å². The number of fused-ring (bicyclic) bond motifs is 3. The van der Waals surface area contributed by atoms with Crippen LogP contribution in [-0.4, -0.2) is 91.2 Å². The Kier molecular flexibility index (Phi) is 14.0. The van der Waals surface area contributed by atoms with Crippen molar-refractivity contribution in [2.45, 2.75) is 74.5 Å². The molecule has 3 aromatic rings. The van der Waals surface area contributed by atoms with Crippen LogP contribution >= 0.6 is 11.8 Å². The number of oxime groups is 1. The molecule has 0 saturated heterocycles. The maximum absolute atomic E-state index is 14.6. The number of allylic oxidation sites excluding steroid dienone is 1. The number of ether oxygens (including phenoxy) is 5. The molecule has 58 heavy (non-hydrogen) atoms. The average molecular weight is 813 g/mol. The quantitative estimate of drug-likeness (QED) is 0.0501. The fraction of sp³-hybridized carbons (Fsp3) is 0.478. The van der Waals surface area contributed by atoms with Gasteiger partial charge in [0.2, 0.25) is 12.6 Å². The second-order valence-corrected chi connectivity index (χ2v) is 16.4. The molecular weight excluding hydrogens is 757 g/mol. The fourth-order valence-corrected chi connectivity index (χ4v) is 9.92. The molecule has 12 heteroatoms. The van der Waals surface area contributed by atoms with E-state index in [2.05, 4.69) is 30.9 Å². The van der Waals surface area contributed by atoms with Crippen LogP contribution in [0.5, 0.6) is 23.0 Å². The zero-order valence-electron chi connectivity index (χ0n) is 33.6. The lowest BCUT2D eigenvalue weighted by Crippen LogP contribution is -2.69. The summed E-state index contributed by atoms with van der Waals surface area (Å²) in [6.45, 7) is 7.35.